The highest BCUT2D eigenvalue weighted by Gasteiger charge is 2.43. The fourth-order valence-corrected chi connectivity index (χ4v) is 17.6. The van der Waals surface area contributed by atoms with Crippen LogP contribution in [0.2, 0.25) is 32.2 Å². The van der Waals surface area contributed by atoms with Gasteiger partial charge in [-0.05, 0) is 116 Å². The number of imide groups is 4. The lowest BCUT2D eigenvalue weighted by atomic mass is 9.96. The van der Waals surface area contributed by atoms with Crippen LogP contribution in [0.15, 0.2) is 121 Å². The van der Waals surface area contributed by atoms with E-state index >= 15 is 0 Å². The van der Waals surface area contributed by atoms with Crippen molar-refractivity contribution in [1.82, 2.24) is 14.7 Å². The van der Waals surface area contributed by atoms with Crippen molar-refractivity contribution in [3.05, 3.63) is 205 Å². The molecule has 0 bridgehead atoms. The third-order valence-corrected chi connectivity index (χ3v) is 21.1. The van der Waals surface area contributed by atoms with Crippen LogP contribution in [0.3, 0.4) is 0 Å². The summed E-state index contributed by atoms with van der Waals surface area (Å²) in [6.07, 6.45) is 0.672. The first kappa shape index (κ1) is 48.3. The van der Waals surface area contributed by atoms with Crippen LogP contribution < -0.4 is 4.90 Å². The van der Waals surface area contributed by atoms with Crippen LogP contribution in [-0.2, 0) is 17.1 Å². The summed E-state index contributed by atoms with van der Waals surface area (Å²) >= 11 is 0. The predicted octanol–water partition coefficient (Wildman–Crippen LogP) is 8.14. The zero-order valence-electron chi connectivity index (χ0n) is 40.7. The SMILES string of the molecule is CC[Si](C)(C)O[Si](C)(C)CN1C(=O)c2ccc(C(=O)c3ccc4c(c3)C(=O)N(Cc3ccc(Cc5ccc(N6C(=O)c7ccc(C(=O)c8ccc9c(c8)C(=O)N(C)C9=O)cc7C6=O)cc5)cc3)C4=O)cc2C1=O. The van der Waals surface area contributed by atoms with E-state index in [1.165, 1.54) is 84.7 Å². The number of hydrogen-bond donors (Lipinski definition) is 0. The molecule has 0 aromatic heterocycles. The maximum Gasteiger partial charge on any atom is 0.266 e. The van der Waals surface area contributed by atoms with Gasteiger partial charge in [-0.25, -0.2) is 4.90 Å². The Balaban J connectivity index is 0.764. The van der Waals surface area contributed by atoms with Crippen molar-refractivity contribution < 1.29 is 52.1 Å². The van der Waals surface area contributed by atoms with E-state index in [0.717, 1.165) is 31.9 Å². The number of anilines is 1. The summed E-state index contributed by atoms with van der Waals surface area (Å²) in [6, 6.07) is 32.4. The van der Waals surface area contributed by atoms with Gasteiger partial charge >= 0.3 is 0 Å². The summed E-state index contributed by atoms with van der Waals surface area (Å²) in [5, 5.41) is 0. The highest BCUT2D eigenvalue weighted by molar-refractivity contribution is 6.85. The number of hydrogen-bond acceptors (Lipinski definition) is 11. The molecule has 10 rings (SSSR count). The minimum absolute atomic E-state index is 0.0180. The Kier molecular flexibility index (Phi) is 11.7. The number of amides is 8. The van der Waals surface area contributed by atoms with E-state index in [1.54, 1.807) is 24.3 Å². The van der Waals surface area contributed by atoms with Crippen LogP contribution in [0.1, 0.15) is 138 Å². The number of benzene rings is 6. The third kappa shape index (κ3) is 8.39. The molecule has 0 unspecified atom stereocenters. The average molecular weight is 1010 g/mol. The second-order valence-corrected chi connectivity index (χ2v) is 28.7. The number of ketones is 2. The van der Waals surface area contributed by atoms with Crippen LogP contribution in [0, 0.1) is 0 Å². The van der Waals surface area contributed by atoms with Gasteiger partial charge in [0.1, 0.15) is 0 Å². The molecule has 0 N–H and O–H groups in total. The Morgan fingerprint density at radius 3 is 1.27 bits per heavy atom. The molecule has 4 aliphatic rings. The van der Waals surface area contributed by atoms with Crippen LogP contribution in [0.4, 0.5) is 5.69 Å². The van der Waals surface area contributed by atoms with Gasteiger partial charge in [-0.15, -0.1) is 0 Å². The van der Waals surface area contributed by atoms with Crippen LogP contribution >= 0.6 is 0 Å². The van der Waals surface area contributed by atoms with Crippen molar-refractivity contribution in [3.8, 4) is 0 Å². The third-order valence-electron chi connectivity index (χ3n) is 13.9. The van der Waals surface area contributed by atoms with Gasteiger partial charge in [0.25, 0.3) is 47.3 Å². The molecule has 0 saturated heterocycles. The van der Waals surface area contributed by atoms with Gasteiger partial charge < -0.3 is 4.12 Å². The van der Waals surface area contributed by atoms with Crippen molar-refractivity contribution in [1.29, 1.82) is 0 Å². The van der Waals surface area contributed by atoms with Gasteiger partial charge in [0, 0.05) is 35.5 Å². The summed E-state index contributed by atoms with van der Waals surface area (Å²) < 4.78 is 6.51. The molecular weight excluding hydrogens is 961 g/mol. The molecule has 4 aliphatic heterocycles. The Bertz CT molecular complexity index is 3530. The highest BCUT2D eigenvalue weighted by atomic mass is 28.4. The topological polar surface area (TPSA) is 193 Å². The van der Waals surface area contributed by atoms with E-state index in [2.05, 4.69) is 20.0 Å². The summed E-state index contributed by atoms with van der Waals surface area (Å²) in [5.41, 5.74) is 4.53. The van der Waals surface area contributed by atoms with E-state index in [9.17, 15) is 47.9 Å². The van der Waals surface area contributed by atoms with Crippen LogP contribution in [0.25, 0.3) is 0 Å². The van der Waals surface area contributed by atoms with Gasteiger partial charge in [-0.2, -0.15) is 0 Å². The van der Waals surface area contributed by atoms with Crippen LogP contribution in [0.5, 0.6) is 0 Å². The zero-order chi connectivity index (χ0) is 52.0. The van der Waals surface area contributed by atoms with E-state index < -0.39 is 75.5 Å². The Morgan fingerprint density at radius 2 is 0.781 bits per heavy atom. The molecule has 6 aromatic rings. The number of fused-ring (bicyclic) bond motifs is 4. The minimum Gasteiger partial charge on any atom is -0.454 e. The monoisotopic (exact) mass is 1010 g/mol. The van der Waals surface area contributed by atoms with Gasteiger partial charge in [-0.3, -0.25) is 62.6 Å². The molecule has 8 amide bonds. The Hall–Kier alpha value is -8.39. The number of carbonyl (C=O) groups excluding carboxylic acids is 10. The lowest BCUT2D eigenvalue weighted by Crippen LogP contribution is -2.52. The van der Waals surface area contributed by atoms with Gasteiger partial charge in [0.15, 0.2) is 28.2 Å². The van der Waals surface area contributed by atoms with Crippen molar-refractivity contribution in [2.24, 2.45) is 0 Å². The summed E-state index contributed by atoms with van der Waals surface area (Å²) in [4.78, 5) is 138. The predicted molar refractivity (Wildman–Crippen MR) is 272 cm³/mol. The number of carbonyl (C=O) groups is 10. The Morgan fingerprint density at radius 1 is 0.425 bits per heavy atom. The quantitative estimate of drug-likeness (QED) is 0.0581. The molecule has 0 radical (unpaired) electrons. The molecule has 0 aliphatic carbocycles. The fourth-order valence-electron chi connectivity index (χ4n) is 9.78. The minimum atomic E-state index is -2.45. The second kappa shape index (κ2) is 17.7. The van der Waals surface area contributed by atoms with Gasteiger partial charge in [0.05, 0.1) is 56.7 Å². The van der Waals surface area contributed by atoms with E-state index in [0.29, 0.717) is 17.7 Å². The zero-order valence-corrected chi connectivity index (χ0v) is 42.7. The van der Waals surface area contributed by atoms with E-state index in [1.807, 2.05) is 37.4 Å². The first-order valence-corrected chi connectivity index (χ1v) is 29.8. The standard InChI is InChI=1S/C56H46N4O11Si2/c1-7-72(3,4)71-73(5,6)30-59-52(66)41-22-16-36(27-45(41)54(59)68)48(62)35-15-21-40-44(26-35)53(67)58(51(40)65)29-33-10-8-31(9-11-33)24-32-12-18-38(19-13-32)60-55(69)42-23-17-37(28-46(42)56(60)70)47(61)34-14-20-39-43(25-34)50(64)57(2)49(39)63/h8-23,25-28H,7,24,29-30H2,1-6H3. The molecule has 4 heterocycles. The highest BCUT2D eigenvalue weighted by Crippen LogP contribution is 2.33. The molecule has 73 heavy (non-hydrogen) atoms. The molecule has 17 heteroatoms. The van der Waals surface area contributed by atoms with E-state index in [4.69, 9.17) is 4.12 Å². The summed E-state index contributed by atoms with van der Waals surface area (Å²) in [7, 11) is -3.05. The lowest BCUT2D eigenvalue weighted by molar-refractivity contribution is 0.0634. The molecule has 0 spiro atoms. The lowest BCUT2D eigenvalue weighted by Gasteiger charge is -2.35. The van der Waals surface area contributed by atoms with Crippen molar-refractivity contribution in [3.63, 3.8) is 0 Å². The maximum absolute atomic E-state index is 13.8. The van der Waals surface area contributed by atoms with Crippen molar-refractivity contribution in [2.45, 2.75) is 52.1 Å². The first-order chi connectivity index (χ1) is 34.6. The Labute approximate surface area is 421 Å². The van der Waals surface area contributed by atoms with Gasteiger partial charge in [-0.1, -0.05) is 67.6 Å². The first-order valence-electron chi connectivity index (χ1n) is 23.6. The molecule has 364 valence electrons. The van der Waals surface area contributed by atoms with Crippen LogP contribution in [-0.4, -0.2) is 103 Å². The van der Waals surface area contributed by atoms with Crippen molar-refractivity contribution >= 4 is 81.1 Å². The largest absolute Gasteiger partial charge is 0.454 e. The smallest absolute Gasteiger partial charge is 0.266 e. The molecule has 6 aromatic carbocycles. The normalized spacial score (nSPS) is 15.2. The molecule has 0 fully saturated rings. The molecule has 0 atom stereocenters. The van der Waals surface area contributed by atoms with E-state index in [-0.39, 0.29) is 79.5 Å². The molecule has 0 saturated carbocycles. The number of rotatable bonds is 14. The molecule has 15 nitrogen and oxygen atoms in total. The fraction of sp³-hybridized carbons (Fsp3) is 0.179. The molecular formula is C56H46N4O11Si2. The summed E-state index contributed by atoms with van der Waals surface area (Å²) in [6.45, 7) is 10.3. The maximum atomic E-state index is 13.8. The summed E-state index contributed by atoms with van der Waals surface area (Å²) in [5.74, 6) is -5.03. The average Bonchev–Trinajstić information content (AvgIpc) is 3.95. The number of nitrogens with zero attached hydrogens (tertiary/aromatic N) is 4. The van der Waals surface area contributed by atoms with Crippen molar-refractivity contribution in [2.75, 3.05) is 18.1 Å². The van der Waals surface area contributed by atoms with Gasteiger partial charge in [0.2, 0.25) is 0 Å². The second-order valence-electron chi connectivity index (χ2n) is 19.8.